The van der Waals surface area contributed by atoms with Gasteiger partial charge in [-0.15, -0.1) is 0 Å². The molecule has 0 aromatic heterocycles. The number of rotatable bonds is 0. The fraction of sp³-hybridized carbons (Fsp3) is 0.889. The topological polar surface area (TPSA) is 26.3 Å². The molecule has 1 saturated heterocycles. The molecular weight excluding hydrogens is 140 g/mol. The Labute approximate surface area is 66.9 Å². The van der Waals surface area contributed by atoms with E-state index in [2.05, 4.69) is 0 Å². The number of hydrogen-bond acceptors (Lipinski definition) is 2. The molecule has 1 aliphatic carbocycles. The third-order valence-electron chi connectivity index (χ3n) is 2.95. The van der Waals surface area contributed by atoms with E-state index in [-0.39, 0.29) is 5.97 Å². The van der Waals surface area contributed by atoms with Gasteiger partial charge in [0, 0.05) is 6.42 Å². The molecule has 0 spiro atoms. The molecule has 2 nitrogen and oxygen atoms in total. The maximum atomic E-state index is 10.9. The lowest BCUT2D eigenvalue weighted by Gasteiger charge is -2.34. The van der Waals surface area contributed by atoms with Crippen molar-refractivity contribution < 1.29 is 9.53 Å². The van der Waals surface area contributed by atoms with Crippen LogP contribution < -0.4 is 0 Å². The van der Waals surface area contributed by atoms with E-state index in [0.717, 1.165) is 0 Å². The number of carbonyl (C=O) groups excluding carboxylic acids is 1. The summed E-state index contributed by atoms with van der Waals surface area (Å²) < 4.78 is 5.01. The number of esters is 1. The zero-order chi connectivity index (χ0) is 7.68. The summed E-state index contributed by atoms with van der Waals surface area (Å²) >= 11 is 0. The van der Waals surface area contributed by atoms with Gasteiger partial charge in [-0.1, -0.05) is 12.8 Å². The molecule has 0 aromatic carbocycles. The van der Waals surface area contributed by atoms with Gasteiger partial charge in [-0.3, -0.25) is 4.79 Å². The third-order valence-corrected chi connectivity index (χ3v) is 2.95. The third kappa shape index (κ3) is 1.39. The minimum absolute atomic E-state index is 0.0214. The molecule has 0 amide bonds. The van der Waals surface area contributed by atoms with Crippen LogP contribution in [-0.2, 0) is 9.53 Å². The monoisotopic (exact) mass is 154 g/mol. The second kappa shape index (κ2) is 2.84. The summed E-state index contributed by atoms with van der Waals surface area (Å²) in [4.78, 5) is 10.9. The molecule has 2 aliphatic rings. The summed E-state index contributed by atoms with van der Waals surface area (Å²) in [6, 6.07) is 0. The second-order valence-electron chi connectivity index (χ2n) is 3.69. The van der Waals surface area contributed by atoms with Crippen LogP contribution in [-0.4, -0.2) is 12.6 Å². The predicted molar refractivity (Wildman–Crippen MR) is 41.0 cm³/mol. The van der Waals surface area contributed by atoms with Gasteiger partial charge >= 0.3 is 5.97 Å². The molecule has 0 unspecified atom stereocenters. The minimum atomic E-state index is 0.0214. The molecule has 11 heavy (non-hydrogen) atoms. The van der Waals surface area contributed by atoms with Crippen LogP contribution >= 0.6 is 0 Å². The van der Waals surface area contributed by atoms with Crippen molar-refractivity contribution in [3.05, 3.63) is 0 Å². The molecule has 2 rings (SSSR count). The van der Waals surface area contributed by atoms with Gasteiger partial charge in [-0.05, 0) is 24.7 Å². The lowest BCUT2D eigenvalue weighted by molar-refractivity contribution is -0.154. The van der Waals surface area contributed by atoms with E-state index in [4.69, 9.17) is 4.74 Å². The van der Waals surface area contributed by atoms with Crippen LogP contribution in [0.5, 0.6) is 0 Å². The van der Waals surface area contributed by atoms with Crippen LogP contribution in [0, 0.1) is 11.8 Å². The summed E-state index contributed by atoms with van der Waals surface area (Å²) in [5.41, 5.74) is 0. The van der Waals surface area contributed by atoms with Gasteiger partial charge in [-0.25, -0.2) is 0 Å². The Kier molecular flexibility index (Phi) is 1.84. The second-order valence-corrected chi connectivity index (χ2v) is 3.69. The van der Waals surface area contributed by atoms with Crippen molar-refractivity contribution in [2.24, 2.45) is 11.8 Å². The van der Waals surface area contributed by atoms with E-state index in [0.29, 0.717) is 24.9 Å². The zero-order valence-corrected chi connectivity index (χ0v) is 6.71. The van der Waals surface area contributed by atoms with E-state index >= 15 is 0 Å². The summed E-state index contributed by atoms with van der Waals surface area (Å²) in [5.74, 6) is 1.37. The van der Waals surface area contributed by atoms with Crippen molar-refractivity contribution in [2.45, 2.75) is 32.1 Å². The van der Waals surface area contributed by atoms with Gasteiger partial charge < -0.3 is 4.74 Å². The van der Waals surface area contributed by atoms with Crippen LogP contribution in [0.2, 0.25) is 0 Å². The van der Waals surface area contributed by atoms with Crippen molar-refractivity contribution in [2.75, 3.05) is 6.61 Å². The highest BCUT2D eigenvalue weighted by Gasteiger charge is 2.32. The van der Waals surface area contributed by atoms with Crippen molar-refractivity contribution in [1.82, 2.24) is 0 Å². The number of hydrogen-bond donors (Lipinski definition) is 0. The number of cyclic esters (lactones) is 1. The molecule has 2 atom stereocenters. The van der Waals surface area contributed by atoms with E-state index in [1.807, 2.05) is 0 Å². The summed E-state index contributed by atoms with van der Waals surface area (Å²) in [6.45, 7) is 0.698. The molecular formula is C9H14O2. The Morgan fingerprint density at radius 2 is 1.91 bits per heavy atom. The molecule has 2 heteroatoms. The van der Waals surface area contributed by atoms with Crippen LogP contribution in [0.25, 0.3) is 0 Å². The first-order valence-corrected chi connectivity index (χ1v) is 4.52. The normalized spacial score (nSPS) is 37.6. The molecule has 2 fully saturated rings. The summed E-state index contributed by atoms with van der Waals surface area (Å²) in [7, 11) is 0. The maximum Gasteiger partial charge on any atom is 0.306 e. The highest BCUT2D eigenvalue weighted by molar-refractivity contribution is 5.70. The smallest absolute Gasteiger partial charge is 0.306 e. The van der Waals surface area contributed by atoms with Crippen molar-refractivity contribution in [1.29, 1.82) is 0 Å². The van der Waals surface area contributed by atoms with Crippen molar-refractivity contribution in [3.63, 3.8) is 0 Å². The van der Waals surface area contributed by atoms with E-state index in [1.54, 1.807) is 0 Å². The number of ether oxygens (including phenoxy) is 1. The SMILES string of the molecule is O=C1C[C@H]2CCCC[C@H]2CO1. The molecule has 1 heterocycles. The average molecular weight is 154 g/mol. The zero-order valence-electron chi connectivity index (χ0n) is 6.71. The van der Waals surface area contributed by atoms with Crippen molar-refractivity contribution >= 4 is 5.97 Å². The fourth-order valence-electron chi connectivity index (χ4n) is 2.25. The van der Waals surface area contributed by atoms with Gasteiger partial charge in [0.15, 0.2) is 0 Å². The summed E-state index contributed by atoms with van der Waals surface area (Å²) in [5, 5.41) is 0. The highest BCUT2D eigenvalue weighted by Crippen LogP contribution is 2.35. The fourth-order valence-corrected chi connectivity index (χ4v) is 2.25. The molecule has 1 aliphatic heterocycles. The Bertz CT molecular complexity index is 165. The van der Waals surface area contributed by atoms with Gasteiger partial charge in [0.05, 0.1) is 6.61 Å². The van der Waals surface area contributed by atoms with Crippen LogP contribution in [0.3, 0.4) is 0 Å². The molecule has 62 valence electrons. The first-order valence-electron chi connectivity index (χ1n) is 4.52. The van der Waals surface area contributed by atoms with Crippen LogP contribution in [0.4, 0.5) is 0 Å². The lowest BCUT2D eigenvalue weighted by Crippen LogP contribution is -2.32. The molecule has 0 N–H and O–H groups in total. The Hall–Kier alpha value is -0.530. The standard InChI is InChI=1S/C9H14O2/c10-9-5-7-3-1-2-4-8(7)6-11-9/h7-8H,1-6H2/t7-,8+/m1/s1. The van der Waals surface area contributed by atoms with Crippen LogP contribution in [0.1, 0.15) is 32.1 Å². The molecule has 0 aromatic rings. The van der Waals surface area contributed by atoms with Crippen LogP contribution in [0.15, 0.2) is 0 Å². The first-order chi connectivity index (χ1) is 5.36. The van der Waals surface area contributed by atoms with Gasteiger partial charge in [0.2, 0.25) is 0 Å². The van der Waals surface area contributed by atoms with E-state index < -0.39 is 0 Å². The van der Waals surface area contributed by atoms with Gasteiger partial charge in [0.25, 0.3) is 0 Å². The average Bonchev–Trinajstić information content (AvgIpc) is 2.04. The summed E-state index contributed by atoms with van der Waals surface area (Å²) in [6.07, 6.45) is 5.86. The van der Waals surface area contributed by atoms with E-state index in [9.17, 15) is 4.79 Å². The maximum absolute atomic E-state index is 10.9. The number of carbonyl (C=O) groups is 1. The molecule has 1 saturated carbocycles. The quantitative estimate of drug-likeness (QED) is 0.497. The van der Waals surface area contributed by atoms with Gasteiger partial charge in [-0.2, -0.15) is 0 Å². The minimum Gasteiger partial charge on any atom is -0.465 e. The predicted octanol–water partition coefficient (Wildman–Crippen LogP) is 1.74. The Morgan fingerprint density at radius 3 is 2.73 bits per heavy atom. The molecule has 0 bridgehead atoms. The highest BCUT2D eigenvalue weighted by atomic mass is 16.5. The number of fused-ring (bicyclic) bond motifs is 1. The van der Waals surface area contributed by atoms with E-state index in [1.165, 1.54) is 25.7 Å². The Balaban J connectivity index is 1.98. The molecule has 0 radical (unpaired) electrons. The van der Waals surface area contributed by atoms with Crippen molar-refractivity contribution in [3.8, 4) is 0 Å². The lowest BCUT2D eigenvalue weighted by atomic mass is 9.77. The first kappa shape index (κ1) is 7.14. The van der Waals surface area contributed by atoms with Gasteiger partial charge in [0.1, 0.15) is 0 Å². The largest absolute Gasteiger partial charge is 0.465 e. The Morgan fingerprint density at radius 1 is 1.18 bits per heavy atom.